The van der Waals surface area contributed by atoms with Gasteiger partial charge in [0, 0.05) is 0 Å². The van der Waals surface area contributed by atoms with Gasteiger partial charge in [0.2, 0.25) is 0 Å². The molecule has 120 valence electrons. The third kappa shape index (κ3) is 6.06. The lowest BCUT2D eigenvalue weighted by molar-refractivity contribution is 0.267. The minimum Gasteiger partial charge on any atom is -0.493 e. The van der Waals surface area contributed by atoms with Crippen molar-refractivity contribution in [1.82, 2.24) is 0 Å². The van der Waals surface area contributed by atoms with Gasteiger partial charge in [-0.2, -0.15) is 0 Å². The number of benzene rings is 1. The van der Waals surface area contributed by atoms with Gasteiger partial charge in [-0.1, -0.05) is 39.8 Å². The standard InChI is InChI=1S/C18H32N2O/c1-13(2)12-21-18-8-7-15(9-17(18)14(3)4)5-6-16(10-19)11-20/h7-9,13-14,16H,5-6,10-12,19-20H2,1-4H3. The van der Waals surface area contributed by atoms with Crippen molar-refractivity contribution in [3.63, 3.8) is 0 Å². The monoisotopic (exact) mass is 292 g/mol. The molecule has 0 saturated carbocycles. The van der Waals surface area contributed by atoms with Crippen LogP contribution >= 0.6 is 0 Å². The molecule has 0 heterocycles. The maximum absolute atomic E-state index is 5.94. The van der Waals surface area contributed by atoms with E-state index in [1.807, 2.05) is 0 Å². The molecule has 0 aromatic heterocycles. The predicted molar refractivity (Wildman–Crippen MR) is 90.8 cm³/mol. The summed E-state index contributed by atoms with van der Waals surface area (Å²) >= 11 is 0. The van der Waals surface area contributed by atoms with Crippen molar-refractivity contribution >= 4 is 0 Å². The highest BCUT2D eigenvalue weighted by Gasteiger charge is 2.11. The van der Waals surface area contributed by atoms with Crippen LogP contribution in [-0.4, -0.2) is 19.7 Å². The second kappa shape index (κ2) is 9.06. The summed E-state index contributed by atoms with van der Waals surface area (Å²) in [4.78, 5) is 0. The molecular weight excluding hydrogens is 260 g/mol. The van der Waals surface area contributed by atoms with Gasteiger partial charge in [0.25, 0.3) is 0 Å². The summed E-state index contributed by atoms with van der Waals surface area (Å²) in [7, 11) is 0. The molecule has 0 atom stereocenters. The average Bonchev–Trinajstić information content (AvgIpc) is 2.46. The first-order valence-electron chi connectivity index (χ1n) is 8.13. The molecule has 1 aromatic rings. The summed E-state index contributed by atoms with van der Waals surface area (Å²) in [5.41, 5.74) is 14.1. The highest BCUT2D eigenvalue weighted by molar-refractivity contribution is 5.39. The Bertz CT molecular complexity index is 412. The van der Waals surface area contributed by atoms with Crippen molar-refractivity contribution in [3.05, 3.63) is 29.3 Å². The molecule has 0 spiro atoms. The molecular formula is C18H32N2O. The topological polar surface area (TPSA) is 61.3 Å². The van der Waals surface area contributed by atoms with E-state index in [-0.39, 0.29) is 0 Å². The third-order valence-corrected chi connectivity index (χ3v) is 3.78. The molecule has 0 amide bonds. The first-order valence-corrected chi connectivity index (χ1v) is 8.13. The number of aryl methyl sites for hydroxylation is 1. The lowest BCUT2D eigenvalue weighted by Gasteiger charge is -2.18. The molecule has 1 aromatic carbocycles. The molecule has 0 saturated heterocycles. The minimum absolute atomic E-state index is 0.421. The lowest BCUT2D eigenvalue weighted by atomic mass is 9.95. The van der Waals surface area contributed by atoms with Gasteiger partial charge in [-0.05, 0) is 60.9 Å². The second-order valence-electron chi connectivity index (χ2n) is 6.61. The van der Waals surface area contributed by atoms with Crippen molar-refractivity contribution in [2.75, 3.05) is 19.7 Å². The van der Waals surface area contributed by atoms with E-state index in [1.165, 1.54) is 11.1 Å². The second-order valence-corrected chi connectivity index (χ2v) is 6.61. The summed E-state index contributed by atoms with van der Waals surface area (Å²) < 4.78 is 5.94. The molecule has 0 aliphatic carbocycles. The molecule has 3 heteroatoms. The van der Waals surface area contributed by atoms with Gasteiger partial charge in [0.1, 0.15) is 5.75 Å². The number of rotatable bonds is 9. The Balaban J connectivity index is 2.77. The summed E-state index contributed by atoms with van der Waals surface area (Å²) in [6, 6.07) is 6.57. The van der Waals surface area contributed by atoms with Crippen LogP contribution in [0.25, 0.3) is 0 Å². The summed E-state index contributed by atoms with van der Waals surface area (Å²) in [6.45, 7) is 10.9. The van der Waals surface area contributed by atoms with Gasteiger partial charge in [-0.25, -0.2) is 0 Å². The quantitative estimate of drug-likeness (QED) is 0.734. The molecule has 1 rings (SSSR count). The van der Waals surface area contributed by atoms with Gasteiger partial charge in [0.15, 0.2) is 0 Å². The fraction of sp³-hybridized carbons (Fsp3) is 0.667. The van der Waals surface area contributed by atoms with E-state index < -0.39 is 0 Å². The maximum Gasteiger partial charge on any atom is 0.122 e. The fourth-order valence-electron chi connectivity index (χ4n) is 2.30. The van der Waals surface area contributed by atoms with Crippen LogP contribution < -0.4 is 16.2 Å². The smallest absolute Gasteiger partial charge is 0.122 e. The Morgan fingerprint density at radius 3 is 2.24 bits per heavy atom. The number of hydrogen-bond acceptors (Lipinski definition) is 3. The zero-order valence-electron chi connectivity index (χ0n) is 14.1. The maximum atomic E-state index is 5.94. The van der Waals surface area contributed by atoms with E-state index in [0.717, 1.165) is 25.2 Å². The van der Waals surface area contributed by atoms with Gasteiger partial charge >= 0.3 is 0 Å². The van der Waals surface area contributed by atoms with Crippen molar-refractivity contribution in [2.24, 2.45) is 23.3 Å². The van der Waals surface area contributed by atoms with Gasteiger partial charge < -0.3 is 16.2 Å². The summed E-state index contributed by atoms with van der Waals surface area (Å²) in [6.07, 6.45) is 2.08. The molecule has 0 radical (unpaired) electrons. The van der Waals surface area contributed by atoms with E-state index in [4.69, 9.17) is 16.2 Å². The van der Waals surface area contributed by atoms with E-state index in [9.17, 15) is 0 Å². The van der Waals surface area contributed by atoms with Crippen molar-refractivity contribution in [2.45, 2.75) is 46.5 Å². The van der Waals surface area contributed by atoms with Crippen LogP contribution in [0.15, 0.2) is 18.2 Å². The Morgan fingerprint density at radius 1 is 1.05 bits per heavy atom. The zero-order valence-corrected chi connectivity index (χ0v) is 14.1. The first-order chi connectivity index (χ1) is 9.97. The molecule has 0 bridgehead atoms. The average molecular weight is 292 g/mol. The van der Waals surface area contributed by atoms with Crippen LogP contribution in [-0.2, 0) is 6.42 Å². The Kier molecular flexibility index (Phi) is 7.76. The van der Waals surface area contributed by atoms with Crippen molar-refractivity contribution < 1.29 is 4.74 Å². The highest BCUT2D eigenvalue weighted by Crippen LogP contribution is 2.28. The van der Waals surface area contributed by atoms with Crippen LogP contribution in [0.1, 0.15) is 51.2 Å². The number of ether oxygens (including phenoxy) is 1. The first kappa shape index (κ1) is 18.0. The number of hydrogen-bond donors (Lipinski definition) is 2. The predicted octanol–water partition coefficient (Wildman–Crippen LogP) is 3.31. The number of nitrogens with two attached hydrogens (primary N) is 2. The zero-order chi connectivity index (χ0) is 15.8. The Labute approximate surface area is 130 Å². The molecule has 0 aliphatic rings. The lowest BCUT2D eigenvalue weighted by Crippen LogP contribution is -2.23. The van der Waals surface area contributed by atoms with E-state index >= 15 is 0 Å². The third-order valence-electron chi connectivity index (χ3n) is 3.78. The van der Waals surface area contributed by atoms with Gasteiger partial charge in [-0.15, -0.1) is 0 Å². The van der Waals surface area contributed by atoms with Crippen LogP contribution in [0, 0.1) is 11.8 Å². The van der Waals surface area contributed by atoms with Crippen LogP contribution in [0.2, 0.25) is 0 Å². The van der Waals surface area contributed by atoms with Crippen LogP contribution in [0.4, 0.5) is 0 Å². The molecule has 0 aliphatic heterocycles. The SMILES string of the molecule is CC(C)COc1ccc(CCC(CN)CN)cc1C(C)C. The van der Waals surface area contributed by atoms with Gasteiger partial charge in [0.05, 0.1) is 6.61 Å². The Hall–Kier alpha value is -1.06. The normalized spacial score (nSPS) is 11.7. The molecule has 3 nitrogen and oxygen atoms in total. The van der Waals surface area contributed by atoms with Crippen LogP contribution in [0.3, 0.4) is 0 Å². The largest absolute Gasteiger partial charge is 0.493 e. The summed E-state index contributed by atoms with van der Waals surface area (Å²) in [5.74, 6) is 2.45. The fourth-order valence-corrected chi connectivity index (χ4v) is 2.30. The molecule has 4 N–H and O–H groups in total. The van der Waals surface area contributed by atoms with E-state index in [1.54, 1.807) is 0 Å². The summed E-state index contributed by atoms with van der Waals surface area (Å²) in [5, 5.41) is 0. The van der Waals surface area contributed by atoms with E-state index in [0.29, 0.717) is 30.8 Å². The minimum atomic E-state index is 0.421. The molecule has 0 unspecified atom stereocenters. The van der Waals surface area contributed by atoms with Crippen molar-refractivity contribution in [3.8, 4) is 5.75 Å². The molecule has 21 heavy (non-hydrogen) atoms. The van der Waals surface area contributed by atoms with Crippen molar-refractivity contribution in [1.29, 1.82) is 0 Å². The Morgan fingerprint density at radius 2 is 1.71 bits per heavy atom. The molecule has 0 fully saturated rings. The van der Waals surface area contributed by atoms with E-state index in [2.05, 4.69) is 45.9 Å². The van der Waals surface area contributed by atoms with Crippen LogP contribution in [0.5, 0.6) is 5.75 Å². The van der Waals surface area contributed by atoms with Gasteiger partial charge in [-0.3, -0.25) is 0 Å². The highest BCUT2D eigenvalue weighted by atomic mass is 16.5.